The van der Waals surface area contributed by atoms with Crippen molar-refractivity contribution in [1.29, 1.82) is 0 Å². The predicted molar refractivity (Wildman–Crippen MR) is 136 cm³/mol. The van der Waals surface area contributed by atoms with Gasteiger partial charge in [-0.25, -0.2) is 4.39 Å². The first kappa shape index (κ1) is 26.3. The highest BCUT2D eigenvalue weighted by Crippen LogP contribution is 2.25. The van der Waals surface area contributed by atoms with Gasteiger partial charge >= 0.3 is 0 Å². The lowest BCUT2D eigenvalue weighted by Gasteiger charge is -2.22. The molecule has 1 aliphatic heterocycles. The number of guanidine groups is 1. The topological polar surface area (TPSA) is 64.1 Å². The molecule has 1 fully saturated rings. The Hall–Kier alpha value is -1.91. The second kappa shape index (κ2) is 15.0. The van der Waals surface area contributed by atoms with Gasteiger partial charge in [-0.15, -0.1) is 24.0 Å². The van der Waals surface area contributed by atoms with E-state index in [4.69, 9.17) is 14.2 Å². The van der Waals surface area contributed by atoms with Crippen molar-refractivity contribution >= 4 is 29.9 Å². The lowest BCUT2D eigenvalue weighted by Crippen LogP contribution is -2.39. The predicted octanol–water partition coefficient (Wildman–Crippen LogP) is 4.53. The first-order valence-corrected chi connectivity index (χ1v) is 10.9. The van der Waals surface area contributed by atoms with Crippen LogP contribution in [0, 0.1) is 5.82 Å². The van der Waals surface area contributed by atoms with Gasteiger partial charge in [0.25, 0.3) is 0 Å². The Morgan fingerprint density at radius 2 is 1.84 bits per heavy atom. The molecule has 3 rings (SSSR count). The molecule has 0 aliphatic carbocycles. The number of rotatable bonds is 10. The van der Waals surface area contributed by atoms with Gasteiger partial charge in [0, 0.05) is 40.0 Å². The van der Waals surface area contributed by atoms with E-state index in [-0.39, 0.29) is 35.5 Å². The smallest absolute Gasteiger partial charge is 0.190 e. The van der Waals surface area contributed by atoms with Crippen LogP contribution in [0.15, 0.2) is 53.5 Å². The van der Waals surface area contributed by atoms with E-state index in [2.05, 4.69) is 15.6 Å². The SMILES string of the molecule is CN=C(NCCCOC1CCOCC1)NCCc1ccc(Oc2ccccc2)c(F)c1.I. The van der Waals surface area contributed by atoms with Crippen LogP contribution in [0.2, 0.25) is 0 Å². The van der Waals surface area contributed by atoms with Gasteiger partial charge < -0.3 is 24.8 Å². The second-order valence-electron chi connectivity index (χ2n) is 7.39. The van der Waals surface area contributed by atoms with Crippen molar-refractivity contribution in [3.63, 3.8) is 0 Å². The van der Waals surface area contributed by atoms with Crippen molar-refractivity contribution in [1.82, 2.24) is 10.6 Å². The molecule has 0 radical (unpaired) electrons. The van der Waals surface area contributed by atoms with Crippen LogP contribution < -0.4 is 15.4 Å². The molecule has 0 bridgehead atoms. The lowest BCUT2D eigenvalue weighted by molar-refractivity contribution is -0.0320. The number of nitrogens with zero attached hydrogens (tertiary/aromatic N) is 1. The molecule has 2 N–H and O–H groups in total. The Morgan fingerprint density at radius 3 is 2.56 bits per heavy atom. The van der Waals surface area contributed by atoms with Crippen LogP contribution in [0.5, 0.6) is 11.5 Å². The Balaban J connectivity index is 0.00000363. The van der Waals surface area contributed by atoms with E-state index in [0.29, 0.717) is 24.8 Å². The van der Waals surface area contributed by atoms with Crippen LogP contribution in [0.1, 0.15) is 24.8 Å². The molecule has 176 valence electrons. The fraction of sp³-hybridized carbons (Fsp3) is 0.458. The molecule has 0 aromatic heterocycles. The average molecular weight is 557 g/mol. The maximum atomic E-state index is 14.4. The quantitative estimate of drug-likeness (QED) is 0.195. The molecule has 6 nitrogen and oxygen atoms in total. The number of halogens is 2. The molecule has 2 aromatic carbocycles. The zero-order chi connectivity index (χ0) is 21.7. The van der Waals surface area contributed by atoms with Crippen LogP contribution in [0.3, 0.4) is 0 Å². The number of nitrogens with one attached hydrogen (secondary N) is 2. The standard InChI is InChI=1S/C24H32FN3O3.HI/c1-26-24(27-13-5-15-30-20-11-16-29-17-12-20)28-14-10-19-8-9-23(22(25)18-19)31-21-6-3-2-4-7-21;/h2-4,6-9,18,20H,5,10-17H2,1H3,(H2,26,27,28);1H. The van der Waals surface area contributed by atoms with Crippen LogP contribution in [0.25, 0.3) is 0 Å². The van der Waals surface area contributed by atoms with Crippen molar-refractivity contribution in [2.24, 2.45) is 4.99 Å². The van der Waals surface area contributed by atoms with Gasteiger partial charge in [0.1, 0.15) is 5.75 Å². The van der Waals surface area contributed by atoms with Crippen molar-refractivity contribution in [3.05, 3.63) is 59.9 Å². The number of hydrogen-bond donors (Lipinski definition) is 2. The van der Waals surface area contributed by atoms with Crippen molar-refractivity contribution in [3.8, 4) is 11.5 Å². The van der Waals surface area contributed by atoms with Gasteiger partial charge in [0.15, 0.2) is 17.5 Å². The minimum atomic E-state index is -0.367. The average Bonchev–Trinajstić information content (AvgIpc) is 2.81. The summed E-state index contributed by atoms with van der Waals surface area (Å²) >= 11 is 0. The molecule has 1 saturated heterocycles. The molecule has 32 heavy (non-hydrogen) atoms. The van der Waals surface area contributed by atoms with Gasteiger partial charge in [-0.2, -0.15) is 0 Å². The lowest BCUT2D eigenvalue weighted by atomic mass is 10.1. The highest BCUT2D eigenvalue weighted by atomic mass is 127. The third-order valence-electron chi connectivity index (χ3n) is 5.03. The van der Waals surface area contributed by atoms with Gasteiger partial charge in [-0.05, 0) is 55.5 Å². The van der Waals surface area contributed by atoms with Crippen molar-refractivity contribution in [2.75, 3.05) is 40.0 Å². The number of hydrogen-bond acceptors (Lipinski definition) is 4. The van der Waals surface area contributed by atoms with Gasteiger partial charge in [0.2, 0.25) is 0 Å². The highest BCUT2D eigenvalue weighted by Gasteiger charge is 2.13. The van der Waals surface area contributed by atoms with E-state index in [0.717, 1.165) is 57.2 Å². The summed E-state index contributed by atoms with van der Waals surface area (Å²) in [5.74, 6) is 1.20. The number of para-hydroxylation sites is 1. The number of aliphatic imine (C=N–C) groups is 1. The van der Waals surface area contributed by atoms with E-state index < -0.39 is 0 Å². The third kappa shape index (κ3) is 9.30. The fourth-order valence-electron chi connectivity index (χ4n) is 3.32. The molecule has 1 heterocycles. The molecule has 1 aliphatic rings. The van der Waals surface area contributed by atoms with E-state index in [9.17, 15) is 4.39 Å². The number of ether oxygens (including phenoxy) is 3. The Morgan fingerprint density at radius 1 is 1.09 bits per heavy atom. The minimum absolute atomic E-state index is 0. The van der Waals surface area contributed by atoms with Crippen LogP contribution in [-0.2, 0) is 15.9 Å². The monoisotopic (exact) mass is 557 g/mol. The molecular weight excluding hydrogens is 524 g/mol. The molecule has 2 aromatic rings. The normalized spacial score (nSPS) is 14.5. The molecule has 8 heteroatoms. The highest BCUT2D eigenvalue weighted by molar-refractivity contribution is 14.0. The van der Waals surface area contributed by atoms with E-state index in [1.165, 1.54) is 6.07 Å². The van der Waals surface area contributed by atoms with E-state index in [1.807, 2.05) is 24.3 Å². The van der Waals surface area contributed by atoms with Gasteiger partial charge in [-0.1, -0.05) is 24.3 Å². The molecule has 0 amide bonds. The summed E-state index contributed by atoms with van der Waals surface area (Å²) in [4.78, 5) is 4.23. The van der Waals surface area contributed by atoms with Gasteiger partial charge in [-0.3, -0.25) is 4.99 Å². The molecule has 0 saturated carbocycles. The second-order valence-corrected chi connectivity index (χ2v) is 7.39. The largest absolute Gasteiger partial charge is 0.454 e. The third-order valence-corrected chi connectivity index (χ3v) is 5.03. The van der Waals surface area contributed by atoms with E-state index >= 15 is 0 Å². The van der Waals surface area contributed by atoms with Crippen molar-refractivity contribution in [2.45, 2.75) is 31.8 Å². The maximum Gasteiger partial charge on any atom is 0.190 e. The van der Waals surface area contributed by atoms with Crippen molar-refractivity contribution < 1.29 is 18.6 Å². The van der Waals surface area contributed by atoms with Gasteiger partial charge in [0.05, 0.1) is 6.10 Å². The fourth-order valence-corrected chi connectivity index (χ4v) is 3.32. The maximum absolute atomic E-state index is 14.4. The van der Waals surface area contributed by atoms with Crippen LogP contribution in [0.4, 0.5) is 4.39 Å². The summed E-state index contributed by atoms with van der Waals surface area (Å²) in [6.07, 6.45) is 3.88. The Bertz CT molecular complexity index is 817. The van der Waals surface area contributed by atoms with E-state index in [1.54, 1.807) is 25.2 Å². The molecule has 0 unspecified atom stereocenters. The zero-order valence-electron chi connectivity index (χ0n) is 18.5. The molecule has 0 atom stereocenters. The summed E-state index contributed by atoms with van der Waals surface area (Å²) in [5.41, 5.74) is 0.894. The summed E-state index contributed by atoms with van der Waals surface area (Å²) in [6, 6.07) is 14.3. The first-order chi connectivity index (χ1) is 15.2. The zero-order valence-corrected chi connectivity index (χ0v) is 20.8. The summed E-state index contributed by atoms with van der Waals surface area (Å²) in [6.45, 7) is 3.75. The minimum Gasteiger partial charge on any atom is -0.454 e. The Kier molecular flexibility index (Phi) is 12.4. The summed E-state index contributed by atoms with van der Waals surface area (Å²) < 4.78 is 31.2. The summed E-state index contributed by atoms with van der Waals surface area (Å²) in [7, 11) is 1.74. The van der Waals surface area contributed by atoms with Crippen LogP contribution in [-0.4, -0.2) is 52.0 Å². The number of benzene rings is 2. The van der Waals surface area contributed by atoms with Crippen LogP contribution >= 0.6 is 24.0 Å². The summed E-state index contributed by atoms with van der Waals surface area (Å²) in [5, 5.41) is 6.54. The molecule has 0 spiro atoms. The molecular formula is C24H33FIN3O3. The Labute approximate surface area is 207 Å². The first-order valence-electron chi connectivity index (χ1n) is 10.9.